The van der Waals surface area contributed by atoms with Crippen molar-refractivity contribution in [3.63, 3.8) is 0 Å². The fourth-order valence-electron chi connectivity index (χ4n) is 2.31. The van der Waals surface area contributed by atoms with E-state index < -0.39 is 10.0 Å². The van der Waals surface area contributed by atoms with E-state index in [2.05, 4.69) is 18.6 Å². The van der Waals surface area contributed by atoms with Crippen LogP contribution in [0.25, 0.3) is 0 Å². The maximum atomic E-state index is 11.7. The zero-order valence-electron chi connectivity index (χ0n) is 15.0. The van der Waals surface area contributed by atoms with Crippen LogP contribution >= 0.6 is 23.2 Å². The van der Waals surface area contributed by atoms with E-state index in [9.17, 15) is 8.42 Å². The van der Waals surface area contributed by atoms with Gasteiger partial charge in [-0.3, -0.25) is 4.72 Å². The van der Waals surface area contributed by atoms with E-state index in [0.29, 0.717) is 5.75 Å². The maximum absolute atomic E-state index is 11.7. The minimum absolute atomic E-state index is 0.0513. The summed E-state index contributed by atoms with van der Waals surface area (Å²) in [5.41, 5.74) is 1.27. The predicted molar refractivity (Wildman–Crippen MR) is 107 cm³/mol. The first-order valence-corrected chi connectivity index (χ1v) is 10.4. The first kappa shape index (κ1) is 20.7. The largest absolute Gasteiger partial charge is 0.496 e. The monoisotopic (exact) mass is 417 g/mol. The van der Waals surface area contributed by atoms with Crippen molar-refractivity contribution in [2.45, 2.75) is 26.7 Å². The van der Waals surface area contributed by atoms with Crippen molar-refractivity contribution in [1.82, 2.24) is 0 Å². The molecule has 1 N–H and O–H groups in total. The number of benzene rings is 2. The number of hydrogen-bond donors (Lipinski definition) is 1. The molecule has 2 aromatic carbocycles. The van der Waals surface area contributed by atoms with Crippen LogP contribution in [-0.4, -0.2) is 21.3 Å². The lowest BCUT2D eigenvalue weighted by molar-refractivity contribution is 0.405. The van der Waals surface area contributed by atoms with Gasteiger partial charge in [0, 0.05) is 5.56 Å². The van der Waals surface area contributed by atoms with E-state index in [4.69, 9.17) is 32.7 Å². The van der Waals surface area contributed by atoms with Crippen LogP contribution in [0.4, 0.5) is 5.69 Å². The first-order chi connectivity index (χ1) is 12.2. The van der Waals surface area contributed by atoms with Crippen LogP contribution in [0, 0.1) is 0 Å². The summed E-state index contributed by atoms with van der Waals surface area (Å²) in [6.07, 6.45) is 0. The number of rotatable bonds is 7. The molecule has 0 radical (unpaired) electrons. The molecule has 0 aliphatic carbocycles. The molecule has 0 fully saturated rings. The van der Waals surface area contributed by atoms with E-state index in [-0.39, 0.29) is 33.2 Å². The van der Waals surface area contributed by atoms with Crippen LogP contribution in [0.1, 0.15) is 32.3 Å². The van der Waals surface area contributed by atoms with Crippen LogP contribution in [0.15, 0.2) is 30.3 Å². The molecule has 8 heteroatoms. The lowest BCUT2D eigenvalue weighted by Crippen LogP contribution is -2.14. The van der Waals surface area contributed by atoms with Crippen molar-refractivity contribution in [1.29, 1.82) is 0 Å². The number of anilines is 1. The quantitative estimate of drug-likeness (QED) is 0.628. The van der Waals surface area contributed by atoms with Gasteiger partial charge < -0.3 is 9.47 Å². The lowest BCUT2D eigenvalue weighted by atomic mass is 10.0. The Morgan fingerprint density at radius 1 is 1.12 bits per heavy atom. The Labute approximate surface area is 164 Å². The third-order valence-electron chi connectivity index (χ3n) is 3.69. The minimum Gasteiger partial charge on any atom is -0.496 e. The summed E-state index contributed by atoms with van der Waals surface area (Å²) in [6.45, 7) is 5.64. The molecule has 0 unspecified atom stereocenters. The summed E-state index contributed by atoms with van der Waals surface area (Å²) in [6, 6.07) is 8.36. The smallest absolute Gasteiger partial charge is 0.232 e. The van der Waals surface area contributed by atoms with Crippen molar-refractivity contribution in [3.8, 4) is 17.2 Å². The second-order valence-corrected chi connectivity index (χ2v) is 8.76. The van der Waals surface area contributed by atoms with Gasteiger partial charge in [-0.2, -0.15) is 0 Å². The Morgan fingerprint density at radius 3 is 2.23 bits per heavy atom. The van der Waals surface area contributed by atoms with E-state index in [0.717, 1.165) is 11.3 Å². The average molecular weight is 418 g/mol. The zero-order chi connectivity index (χ0) is 19.5. The number of sulfonamides is 1. The van der Waals surface area contributed by atoms with Gasteiger partial charge in [0.25, 0.3) is 0 Å². The molecule has 0 atom stereocenters. The van der Waals surface area contributed by atoms with Crippen molar-refractivity contribution >= 4 is 38.9 Å². The van der Waals surface area contributed by atoms with Gasteiger partial charge in [0.1, 0.15) is 11.5 Å². The number of hydrogen-bond acceptors (Lipinski definition) is 4. The Hall–Kier alpha value is -1.63. The summed E-state index contributed by atoms with van der Waals surface area (Å²) in [5.74, 6) is 1.77. The van der Waals surface area contributed by atoms with E-state index in [1.54, 1.807) is 20.1 Å². The second kappa shape index (κ2) is 8.37. The van der Waals surface area contributed by atoms with E-state index >= 15 is 0 Å². The number of nitrogens with one attached hydrogen (secondary N) is 1. The molecule has 26 heavy (non-hydrogen) atoms. The predicted octanol–water partition coefficient (Wildman–Crippen LogP) is 5.68. The Bertz CT molecular complexity index is 875. The Kier molecular flexibility index (Phi) is 6.66. The van der Waals surface area contributed by atoms with E-state index in [1.807, 2.05) is 12.1 Å². The van der Waals surface area contributed by atoms with Crippen LogP contribution in [-0.2, 0) is 10.0 Å². The fourth-order valence-corrected chi connectivity index (χ4v) is 3.50. The molecule has 0 aliphatic rings. The second-order valence-electron chi connectivity index (χ2n) is 5.94. The van der Waals surface area contributed by atoms with E-state index in [1.165, 1.54) is 12.1 Å². The third kappa shape index (κ3) is 4.96. The first-order valence-electron chi connectivity index (χ1n) is 8.02. The summed E-state index contributed by atoms with van der Waals surface area (Å²) in [7, 11) is -1.81. The highest BCUT2D eigenvalue weighted by Crippen LogP contribution is 2.40. The Morgan fingerprint density at radius 2 is 1.73 bits per heavy atom. The van der Waals surface area contributed by atoms with Gasteiger partial charge in [-0.25, -0.2) is 8.42 Å². The molecule has 2 aromatic rings. The average Bonchev–Trinajstić information content (AvgIpc) is 2.57. The molecular formula is C18H21Cl2NO4S. The van der Waals surface area contributed by atoms with Gasteiger partial charge in [0.05, 0.1) is 28.6 Å². The van der Waals surface area contributed by atoms with Crippen LogP contribution in [0.5, 0.6) is 17.2 Å². The highest BCUT2D eigenvalue weighted by Gasteiger charge is 2.15. The fraction of sp³-hybridized carbons (Fsp3) is 0.333. The topological polar surface area (TPSA) is 64.6 Å². The highest BCUT2D eigenvalue weighted by molar-refractivity contribution is 7.92. The van der Waals surface area contributed by atoms with Gasteiger partial charge in [0.15, 0.2) is 5.75 Å². The van der Waals surface area contributed by atoms with Crippen molar-refractivity contribution in [2.75, 3.05) is 17.6 Å². The molecule has 0 saturated carbocycles. The normalized spacial score (nSPS) is 11.5. The molecule has 0 saturated heterocycles. The number of halogens is 2. The Balaban J connectivity index is 2.34. The summed E-state index contributed by atoms with van der Waals surface area (Å²) < 4.78 is 37.0. The molecule has 0 aliphatic heterocycles. The third-order valence-corrected chi connectivity index (χ3v) is 5.56. The van der Waals surface area contributed by atoms with Crippen molar-refractivity contribution in [2.24, 2.45) is 0 Å². The molecule has 0 spiro atoms. The highest BCUT2D eigenvalue weighted by atomic mass is 35.5. The molecule has 0 aromatic heterocycles. The van der Waals surface area contributed by atoms with Crippen molar-refractivity contribution in [3.05, 3.63) is 45.9 Å². The van der Waals surface area contributed by atoms with Gasteiger partial charge in [-0.15, -0.1) is 0 Å². The molecule has 0 bridgehead atoms. The summed E-state index contributed by atoms with van der Waals surface area (Å²) in [5, 5.41) is 0.404. The van der Waals surface area contributed by atoms with Crippen LogP contribution < -0.4 is 14.2 Å². The van der Waals surface area contributed by atoms with Gasteiger partial charge >= 0.3 is 0 Å². The molecular weight excluding hydrogens is 397 g/mol. The van der Waals surface area contributed by atoms with Gasteiger partial charge in [-0.1, -0.05) is 37.0 Å². The number of ether oxygens (including phenoxy) is 2. The zero-order valence-corrected chi connectivity index (χ0v) is 17.3. The maximum Gasteiger partial charge on any atom is 0.232 e. The molecule has 2 rings (SSSR count). The molecule has 0 amide bonds. The number of methoxy groups -OCH3 is 1. The minimum atomic E-state index is -3.42. The SMILES string of the molecule is CCS(=O)(=O)Nc1cc(Cl)c(Oc2ccc(OC)c(C(C)C)c2)c(Cl)c1. The molecule has 142 valence electrons. The van der Waals surface area contributed by atoms with Crippen LogP contribution in [0.2, 0.25) is 10.0 Å². The van der Waals surface area contributed by atoms with Gasteiger partial charge in [-0.05, 0) is 43.2 Å². The summed E-state index contributed by atoms with van der Waals surface area (Å²) >= 11 is 12.5. The van der Waals surface area contributed by atoms with Gasteiger partial charge in [0.2, 0.25) is 10.0 Å². The molecule has 5 nitrogen and oxygen atoms in total. The standard InChI is InChI=1S/C18H21Cl2NO4S/c1-5-26(22,23)21-12-8-15(19)18(16(20)9-12)25-13-6-7-17(24-4)14(10-13)11(2)3/h6-11,21H,5H2,1-4H3. The van der Waals surface area contributed by atoms with Crippen LogP contribution in [0.3, 0.4) is 0 Å². The lowest BCUT2D eigenvalue weighted by Gasteiger charge is -2.16. The summed E-state index contributed by atoms with van der Waals surface area (Å²) in [4.78, 5) is 0. The van der Waals surface area contributed by atoms with Crippen molar-refractivity contribution < 1.29 is 17.9 Å². The molecule has 0 heterocycles.